The molecule has 0 aliphatic rings. The predicted octanol–water partition coefficient (Wildman–Crippen LogP) is 0.485. The first-order valence-corrected chi connectivity index (χ1v) is 1.95. The van der Waals surface area contributed by atoms with Gasteiger partial charge in [0, 0.05) is 29.6 Å². The number of rotatable bonds is 1. The minimum Gasteiger partial charge on any atom is -0.515 e. The molecule has 0 spiro atoms. The second-order valence-corrected chi connectivity index (χ2v) is 1.10. The summed E-state index contributed by atoms with van der Waals surface area (Å²) in [4.78, 5) is 0. The van der Waals surface area contributed by atoms with Crippen LogP contribution in [0.5, 0.6) is 0 Å². The van der Waals surface area contributed by atoms with Crippen molar-refractivity contribution in [2.24, 2.45) is 0 Å². The predicted molar refractivity (Wildman–Crippen MR) is 32.3 cm³/mol. The van der Waals surface area contributed by atoms with E-state index in [4.69, 9.17) is 15.6 Å². The zero-order valence-corrected chi connectivity index (χ0v) is 7.13. The van der Waals surface area contributed by atoms with Gasteiger partial charge in [0.25, 0.3) is 0 Å². The molecule has 0 atom stereocenters. The SMILES string of the molecule is N#CCC(C#N)=CO.[Na]. The molecule has 3 nitrogen and oxygen atoms in total. The van der Waals surface area contributed by atoms with Gasteiger partial charge in [0.1, 0.15) is 0 Å². The first kappa shape index (κ1) is 11.3. The van der Waals surface area contributed by atoms with Gasteiger partial charge in [-0.2, -0.15) is 10.5 Å². The molecule has 9 heavy (non-hydrogen) atoms. The molecule has 0 aromatic heterocycles. The molecular weight excluding hydrogens is 127 g/mol. The van der Waals surface area contributed by atoms with Crippen LogP contribution in [0.1, 0.15) is 6.42 Å². The van der Waals surface area contributed by atoms with E-state index in [1.165, 1.54) is 0 Å². The Morgan fingerprint density at radius 3 is 2.22 bits per heavy atom. The van der Waals surface area contributed by atoms with E-state index in [1.807, 2.05) is 0 Å². The molecule has 1 N–H and O–H groups in total. The molecule has 0 fully saturated rings. The minimum absolute atomic E-state index is 0. The molecule has 0 aromatic rings. The maximum Gasteiger partial charge on any atom is 0.0990 e. The van der Waals surface area contributed by atoms with Gasteiger partial charge in [-0.15, -0.1) is 0 Å². The molecule has 0 aliphatic heterocycles. The maximum atomic E-state index is 8.12. The molecule has 0 unspecified atom stereocenters. The fourth-order valence-electron chi connectivity index (χ4n) is 0.199. The molecule has 0 aromatic carbocycles. The summed E-state index contributed by atoms with van der Waals surface area (Å²) in [6.07, 6.45) is 0.621. The van der Waals surface area contributed by atoms with Gasteiger partial charge in [-0.1, -0.05) is 0 Å². The second kappa shape index (κ2) is 7.52. The van der Waals surface area contributed by atoms with Crippen LogP contribution in [0.15, 0.2) is 11.8 Å². The van der Waals surface area contributed by atoms with Gasteiger partial charge in [-0.3, -0.25) is 0 Å². The third kappa shape index (κ3) is 5.39. The third-order valence-corrected chi connectivity index (χ3v) is 0.569. The van der Waals surface area contributed by atoms with Crippen molar-refractivity contribution in [2.75, 3.05) is 0 Å². The quantitative estimate of drug-likeness (QED) is 0.320. The number of nitriles is 2. The van der Waals surface area contributed by atoms with Crippen molar-refractivity contribution in [3.8, 4) is 12.1 Å². The average Bonchev–Trinajstić information content (AvgIpc) is 1.83. The molecule has 41 valence electrons. The van der Waals surface area contributed by atoms with Crippen LogP contribution in [0.2, 0.25) is 0 Å². The van der Waals surface area contributed by atoms with Crippen molar-refractivity contribution in [3.63, 3.8) is 0 Å². The number of hydrogen-bond acceptors (Lipinski definition) is 3. The Labute approximate surface area is 75.5 Å². The van der Waals surface area contributed by atoms with E-state index in [-0.39, 0.29) is 41.6 Å². The molecule has 0 bridgehead atoms. The zero-order valence-electron chi connectivity index (χ0n) is 5.13. The van der Waals surface area contributed by atoms with E-state index in [0.29, 0.717) is 6.26 Å². The zero-order chi connectivity index (χ0) is 6.41. The van der Waals surface area contributed by atoms with Crippen LogP contribution < -0.4 is 0 Å². The van der Waals surface area contributed by atoms with Crippen LogP contribution in [-0.2, 0) is 0 Å². The van der Waals surface area contributed by atoms with Crippen LogP contribution in [-0.4, -0.2) is 34.7 Å². The van der Waals surface area contributed by atoms with Gasteiger partial charge in [0.15, 0.2) is 0 Å². The number of allylic oxidation sites excluding steroid dienone is 1. The van der Waals surface area contributed by atoms with E-state index in [9.17, 15) is 0 Å². The van der Waals surface area contributed by atoms with Crippen LogP contribution >= 0.6 is 0 Å². The maximum absolute atomic E-state index is 8.12. The van der Waals surface area contributed by atoms with Gasteiger partial charge >= 0.3 is 0 Å². The molecule has 0 aliphatic carbocycles. The molecule has 0 saturated carbocycles. The summed E-state index contributed by atoms with van der Waals surface area (Å²) in [6.45, 7) is 0. The summed E-state index contributed by atoms with van der Waals surface area (Å²) in [7, 11) is 0. The van der Waals surface area contributed by atoms with Crippen molar-refractivity contribution in [1.82, 2.24) is 0 Å². The first-order valence-electron chi connectivity index (χ1n) is 1.95. The van der Waals surface area contributed by atoms with Crippen LogP contribution in [0.4, 0.5) is 0 Å². The van der Waals surface area contributed by atoms with Crippen molar-refractivity contribution < 1.29 is 5.11 Å². The van der Waals surface area contributed by atoms with E-state index in [0.717, 1.165) is 0 Å². The monoisotopic (exact) mass is 131 g/mol. The molecule has 0 heterocycles. The van der Waals surface area contributed by atoms with Gasteiger partial charge in [-0.25, -0.2) is 0 Å². The summed E-state index contributed by atoms with van der Waals surface area (Å²) < 4.78 is 0. The van der Waals surface area contributed by atoms with Crippen molar-refractivity contribution >= 4 is 29.6 Å². The fourth-order valence-corrected chi connectivity index (χ4v) is 0.199. The average molecular weight is 131 g/mol. The fraction of sp³-hybridized carbons (Fsp3) is 0.200. The van der Waals surface area contributed by atoms with Gasteiger partial charge in [-0.05, 0) is 0 Å². The Morgan fingerprint density at radius 1 is 1.56 bits per heavy atom. The molecule has 0 saturated heterocycles. The Morgan fingerprint density at radius 2 is 2.11 bits per heavy atom. The number of hydrogen-bond donors (Lipinski definition) is 1. The van der Waals surface area contributed by atoms with Crippen LogP contribution in [0.3, 0.4) is 0 Å². The Bertz CT molecular complexity index is 174. The van der Waals surface area contributed by atoms with Crippen molar-refractivity contribution in [2.45, 2.75) is 6.42 Å². The van der Waals surface area contributed by atoms with Crippen LogP contribution in [0, 0.1) is 22.7 Å². The van der Waals surface area contributed by atoms with Crippen LogP contribution in [0.25, 0.3) is 0 Å². The summed E-state index contributed by atoms with van der Waals surface area (Å²) in [5.74, 6) is 0. The number of aliphatic hydroxyl groups is 1. The minimum atomic E-state index is -0.0208. The van der Waals surface area contributed by atoms with E-state index in [2.05, 4.69) is 0 Å². The summed E-state index contributed by atoms with van der Waals surface area (Å²) >= 11 is 0. The molecule has 0 amide bonds. The largest absolute Gasteiger partial charge is 0.515 e. The third-order valence-electron chi connectivity index (χ3n) is 0.569. The number of aliphatic hydroxyl groups excluding tert-OH is 1. The summed E-state index contributed by atoms with van der Waals surface area (Å²) in [6, 6.07) is 3.36. The normalized spacial score (nSPS) is 8.44. The van der Waals surface area contributed by atoms with E-state index >= 15 is 0 Å². The standard InChI is InChI=1S/C5H4N2O.Na/c6-2-1-5(3-7)4-8;/h4,8H,1H2;. The van der Waals surface area contributed by atoms with Crippen molar-refractivity contribution in [3.05, 3.63) is 11.8 Å². The van der Waals surface area contributed by atoms with Crippen molar-refractivity contribution in [1.29, 1.82) is 10.5 Å². The van der Waals surface area contributed by atoms with Gasteiger partial charge < -0.3 is 5.11 Å². The Hall–Kier alpha value is -0.480. The first-order chi connectivity index (χ1) is 3.85. The Balaban J connectivity index is 0. The van der Waals surface area contributed by atoms with E-state index in [1.54, 1.807) is 12.1 Å². The molecular formula is C5H4N2NaO. The second-order valence-electron chi connectivity index (χ2n) is 1.10. The summed E-state index contributed by atoms with van der Waals surface area (Å²) in [5.41, 5.74) is 0.0903. The molecule has 4 heteroatoms. The number of nitrogens with zero attached hydrogens (tertiary/aromatic N) is 2. The van der Waals surface area contributed by atoms with E-state index < -0.39 is 0 Å². The van der Waals surface area contributed by atoms with Gasteiger partial charge in [0.2, 0.25) is 0 Å². The molecule has 1 radical (unpaired) electrons. The summed E-state index contributed by atoms with van der Waals surface area (Å²) in [5, 5.41) is 24.1. The molecule has 0 rings (SSSR count). The topological polar surface area (TPSA) is 67.8 Å². The smallest absolute Gasteiger partial charge is 0.0990 e. The van der Waals surface area contributed by atoms with Gasteiger partial charge in [0.05, 0.1) is 30.4 Å². The Kier molecular flexibility index (Phi) is 9.47.